The van der Waals surface area contributed by atoms with Crippen molar-refractivity contribution < 1.29 is 36.3 Å². The van der Waals surface area contributed by atoms with E-state index in [2.05, 4.69) is 10.4 Å². The third kappa shape index (κ3) is 4.13. The predicted octanol–water partition coefficient (Wildman–Crippen LogP) is 5.30. The molecule has 0 saturated carbocycles. The van der Waals surface area contributed by atoms with Crippen molar-refractivity contribution in [2.24, 2.45) is 0 Å². The van der Waals surface area contributed by atoms with E-state index in [1.807, 2.05) is 0 Å². The summed E-state index contributed by atoms with van der Waals surface area (Å²) in [5, 5.41) is 6.69. The number of aryl methyl sites for hydroxylation is 1. The summed E-state index contributed by atoms with van der Waals surface area (Å²) in [7, 11) is 0. The second kappa shape index (κ2) is 9.46. The smallest absolute Gasteiger partial charge is 0.266 e. The van der Waals surface area contributed by atoms with Crippen molar-refractivity contribution in [2.75, 3.05) is 10.2 Å². The maximum absolute atomic E-state index is 14.2. The summed E-state index contributed by atoms with van der Waals surface area (Å²) in [6, 6.07) is 12.1. The highest BCUT2D eigenvalue weighted by Gasteiger charge is 2.36. The molecule has 1 aliphatic rings. The van der Waals surface area contributed by atoms with Crippen molar-refractivity contribution in [1.82, 2.24) is 9.78 Å². The lowest BCUT2D eigenvalue weighted by atomic mass is 10.1. The Hall–Kier alpha value is -4.87. The Bertz CT molecular complexity index is 1650. The van der Waals surface area contributed by atoms with Crippen LogP contribution in [-0.4, -0.2) is 27.5 Å². The molecule has 2 heterocycles. The highest BCUT2D eigenvalue weighted by Crippen LogP contribution is 2.30. The van der Waals surface area contributed by atoms with Gasteiger partial charge in [-0.2, -0.15) is 5.10 Å². The number of carbonyl (C=O) groups is 3. The Labute approximate surface area is 217 Å². The number of hydrogen-bond acceptors (Lipinski definition) is 4. The number of amides is 3. The normalized spacial score (nSPS) is 12.7. The molecule has 0 saturated heterocycles. The van der Waals surface area contributed by atoms with Crippen LogP contribution in [0, 0.1) is 42.9 Å². The number of fused-ring (bicyclic) bond motifs is 1. The topological polar surface area (TPSA) is 84.3 Å². The van der Waals surface area contributed by atoms with E-state index in [4.69, 9.17) is 0 Å². The Morgan fingerprint density at radius 2 is 1.38 bits per heavy atom. The number of carbonyl (C=O) groups excluding carboxylic acids is 3. The van der Waals surface area contributed by atoms with Crippen LogP contribution < -0.4 is 10.2 Å². The number of anilines is 2. The van der Waals surface area contributed by atoms with Gasteiger partial charge in [-0.05, 0) is 44.2 Å². The van der Waals surface area contributed by atoms with Gasteiger partial charge in [-0.25, -0.2) is 26.9 Å². The number of hydrogen-bond donors (Lipinski definition) is 1. The fourth-order valence-electron chi connectivity index (χ4n) is 4.37. The minimum absolute atomic E-state index is 0.0790. The lowest BCUT2D eigenvalue weighted by Gasteiger charge is -2.15. The quantitative estimate of drug-likeness (QED) is 0.161. The van der Waals surface area contributed by atoms with Crippen LogP contribution in [0.15, 0.2) is 48.5 Å². The van der Waals surface area contributed by atoms with Crippen molar-refractivity contribution in [3.8, 4) is 0 Å². The molecule has 12 heteroatoms. The molecule has 198 valence electrons. The third-order valence-corrected chi connectivity index (χ3v) is 6.39. The number of nitrogens with zero attached hydrogens (tertiary/aromatic N) is 3. The van der Waals surface area contributed by atoms with Crippen LogP contribution in [0.5, 0.6) is 0 Å². The van der Waals surface area contributed by atoms with E-state index in [0.29, 0.717) is 0 Å². The van der Waals surface area contributed by atoms with Crippen molar-refractivity contribution in [3.05, 3.63) is 111 Å². The van der Waals surface area contributed by atoms with Gasteiger partial charge >= 0.3 is 0 Å². The van der Waals surface area contributed by atoms with Crippen molar-refractivity contribution in [2.45, 2.75) is 20.4 Å². The van der Waals surface area contributed by atoms with Gasteiger partial charge in [0.2, 0.25) is 5.82 Å². The van der Waals surface area contributed by atoms with Gasteiger partial charge in [0.25, 0.3) is 17.7 Å². The molecule has 3 aromatic carbocycles. The first-order chi connectivity index (χ1) is 18.5. The maximum Gasteiger partial charge on any atom is 0.266 e. The van der Waals surface area contributed by atoms with Crippen LogP contribution in [-0.2, 0) is 6.54 Å². The van der Waals surface area contributed by atoms with Gasteiger partial charge in [-0.1, -0.05) is 18.2 Å². The minimum Gasteiger partial charge on any atom is -0.319 e. The van der Waals surface area contributed by atoms with Gasteiger partial charge in [0.05, 0.1) is 46.0 Å². The number of rotatable bonds is 5. The molecule has 0 bridgehead atoms. The molecule has 0 spiro atoms. The number of imide groups is 1. The summed E-state index contributed by atoms with van der Waals surface area (Å²) in [6.45, 7) is 2.13. The lowest BCUT2D eigenvalue weighted by Crippen LogP contribution is -2.29. The zero-order valence-corrected chi connectivity index (χ0v) is 20.3. The molecule has 7 nitrogen and oxygen atoms in total. The van der Waals surface area contributed by atoms with Gasteiger partial charge in [-0.15, -0.1) is 0 Å². The fourth-order valence-corrected chi connectivity index (χ4v) is 4.37. The number of benzene rings is 3. The van der Waals surface area contributed by atoms with Gasteiger partial charge in [-0.3, -0.25) is 19.1 Å². The largest absolute Gasteiger partial charge is 0.319 e. The highest BCUT2D eigenvalue weighted by atomic mass is 19.2. The zero-order valence-electron chi connectivity index (χ0n) is 20.3. The molecule has 0 fully saturated rings. The second-order valence-electron chi connectivity index (χ2n) is 8.75. The molecule has 0 radical (unpaired) electrons. The summed E-state index contributed by atoms with van der Waals surface area (Å²) < 4.78 is 70.0. The van der Waals surface area contributed by atoms with Crippen LogP contribution in [0.25, 0.3) is 0 Å². The molecule has 1 aliphatic heterocycles. The first-order valence-corrected chi connectivity index (χ1v) is 11.4. The van der Waals surface area contributed by atoms with E-state index in [9.17, 15) is 36.3 Å². The lowest BCUT2D eigenvalue weighted by molar-refractivity contribution is 0.0924. The van der Waals surface area contributed by atoms with Gasteiger partial charge in [0.15, 0.2) is 23.3 Å². The molecule has 1 aromatic heterocycles. The molecule has 4 aromatic rings. The van der Waals surface area contributed by atoms with Gasteiger partial charge < -0.3 is 5.32 Å². The highest BCUT2D eigenvalue weighted by molar-refractivity contribution is 6.34. The molecule has 0 atom stereocenters. The fraction of sp³-hybridized carbons (Fsp3) is 0.111. The molecule has 1 N–H and O–H groups in total. The summed E-state index contributed by atoms with van der Waals surface area (Å²) in [5.41, 5.74) is 0.190. The summed E-state index contributed by atoms with van der Waals surface area (Å²) >= 11 is 0. The van der Waals surface area contributed by atoms with E-state index in [1.54, 1.807) is 12.1 Å². The number of aromatic nitrogens is 2. The number of nitrogens with one attached hydrogen (secondary N) is 1. The van der Waals surface area contributed by atoms with E-state index < -0.39 is 58.9 Å². The summed E-state index contributed by atoms with van der Waals surface area (Å²) in [4.78, 5) is 39.6. The van der Waals surface area contributed by atoms with E-state index in [0.717, 1.165) is 9.58 Å². The summed E-state index contributed by atoms with van der Waals surface area (Å²) in [6.07, 6.45) is 0. The van der Waals surface area contributed by atoms with Crippen LogP contribution in [0.1, 0.15) is 48.0 Å². The van der Waals surface area contributed by atoms with E-state index in [1.165, 1.54) is 50.2 Å². The van der Waals surface area contributed by atoms with Crippen molar-refractivity contribution in [1.29, 1.82) is 0 Å². The maximum atomic E-state index is 14.2. The van der Waals surface area contributed by atoms with Gasteiger partial charge in [0.1, 0.15) is 0 Å². The molecule has 5 rings (SSSR count). The first-order valence-electron chi connectivity index (χ1n) is 11.4. The molecule has 39 heavy (non-hydrogen) atoms. The van der Waals surface area contributed by atoms with Gasteiger partial charge in [0, 0.05) is 5.56 Å². The predicted molar refractivity (Wildman–Crippen MR) is 129 cm³/mol. The van der Waals surface area contributed by atoms with Crippen LogP contribution in [0.4, 0.5) is 33.3 Å². The Kier molecular flexibility index (Phi) is 6.25. The average Bonchev–Trinajstić information content (AvgIpc) is 3.35. The molecule has 3 amide bonds. The zero-order chi connectivity index (χ0) is 28.2. The van der Waals surface area contributed by atoms with E-state index in [-0.39, 0.29) is 39.5 Å². The van der Waals surface area contributed by atoms with Crippen LogP contribution in [0.3, 0.4) is 0 Å². The van der Waals surface area contributed by atoms with Crippen molar-refractivity contribution >= 4 is 29.1 Å². The molecule has 0 aliphatic carbocycles. The third-order valence-electron chi connectivity index (χ3n) is 6.39. The Morgan fingerprint density at radius 1 is 0.821 bits per heavy atom. The first kappa shape index (κ1) is 25.8. The Morgan fingerprint density at radius 3 is 1.97 bits per heavy atom. The van der Waals surface area contributed by atoms with E-state index >= 15 is 0 Å². The van der Waals surface area contributed by atoms with Crippen molar-refractivity contribution in [3.63, 3.8) is 0 Å². The molecular formula is C27H17F5N4O3. The SMILES string of the molecule is Cc1nn(Cc2c(F)c(F)c(F)c(F)c2F)c(C)c1NC(=O)c1cccc(N2C(=O)c3ccccc3C2=O)c1. The summed E-state index contributed by atoms with van der Waals surface area (Å²) in [5.74, 6) is -12.1. The Balaban J connectivity index is 1.41. The van der Waals surface area contributed by atoms with Crippen LogP contribution >= 0.6 is 0 Å². The standard InChI is InChI=1S/C27H17F5N4O3/c1-12-24(13(2)35(34-12)11-18-19(28)21(30)23(32)22(31)20(18)29)33-25(37)14-6-5-7-15(10-14)36-26(38)16-8-3-4-9-17(16)27(36)39/h3-10H,11H2,1-2H3,(H,33,37). The monoisotopic (exact) mass is 540 g/mol. The second-order valence-corrected chi connectivity index (χ2v) is 8.75. The van der Waals surface area contributed by atoms with Crippen LogP contribution in [0.2, 0.25) is 0 Å². The molecule has 0 unspecified atom stereocenters. The number of halogens is 5. The molecular weight excluding hydrogens is 523 g/mol. The average molecular weight is 540 g/mol. The minimum atomic E-state index is -2.27.